The Kier molecular flexibility index (Phi) is 5.26. The molecule has 1 atom stereocenters. The number of aromatic nitrogens is 1. The molecule has 1 rings (SSSR count). The molecule has 0 aliphatic heterocycles. The maximum atomic E-state index is 4.42. The van der Waals surface area contributed by atoms with Crippen LogP contribution in [-0.4, -0.2) is 17.6 Å². The van der Waals surface area contributed by atoms with Crippen molar-refractivity contribution in [1.82, 2.24) is 10.3 Å². The van der Waals surface area contributed by atoms with Gasteiger partial charge >= 0.3 is 0 Å². The Balaban J connectivity index is 2.39. The van der Waals surface area contributed by atoms with E-state index in [9.17, 15) is 0 Å². The summed E-state index contributed by atoms with van der Waals surface area (Å²) in [5.74, 6) is 0.532. The molecular formula is C12H22N2S. The van der Waals surface area contributed by atoms with Gasteiger partial charge in [-0.2, -0.15) is 0 Å². The zero-order valence-corrected chi connectivity index (χ0v) is 11.0. The van der Waals surface area contributed by atoms with E-state index in [0.717, 1.165) is 6.54 Å². The first kappa shape index (κ1) is 12.7. The smallest absolute Gasteiger partial charge is 0.0968 e. The zero-order valence-electron chi connectivity index (χ0n) is 10.2. The van der Waals surface area contributed by atoms with E-state index in [1.807, 2.05) is 17.5 Å². The van der Waals surface area contributed by atoms with Gasteiger partial charge in [0.2, 0.25) is 0 Å². The third-order valence-electron chi connectivity index (χ3n) is 2.76. The Morgan fingerprint density at radius 1 is 1.40 bits per heavy atom. The van der Waals surface area contributed by atoms with Gasteiger partial charge in [0.1, 0.15) is 0 Å². The molecule has 0 aliphatic rings. The molecule has 2 nitrogen and oxygen atoms in total. The van der Waals surface area contributed by atoms with Gasteiger partial charge in [0.05, 0.1) is 5.01 Å². The van der Waals surface area contributed by atoms with Crippen LogP contribution in [0.15, 0.2) is 6.20 Å². The lowest BCUT2D eigenvalue weighted by atomic mass is 10.1. The van der Waals surface area contributed by atoms with Crippen LogP contribution in [0.4, 0.5) is 0 Å². The summed E-state index contributed by atoms with van der Waals surface area (Å²) in [5, 5.41) is 4.85. The van der Waals surface area contributed by atoms with Crippen molar-refractivity contribution in [1.29, 1.82) is 0 Å². The number of nitrogens with one attached hydrogen (secondary N) is 1. The largest absolute Gasteiger partial charge is 0.313 e. The average Bonchev–Trinajstić information content (AvgIpc) is 2.66. The minimum absolute atomic E-state index is 0.532. The summed E-state index contributed by atoms with van der Waals surface area (Å²) in [4.78, 5) is 5.73. The van der Waals surface area contributed by atoms with Crippen LogP contribution in [0, 0.1) is 6.92 Å². The number of nitrogens with zero attached hydrogens (tertiary/aromatic N) is 1. The summed E-state index contributed by atoms with van der Waals surface area (Å²) in [6, 6.07) is 0.661. The van der Waals surface area contributed by atoms with Gasteiger partial charge in [-0.25, -0.2) is 4.98 Å². The standard InChI is InChI=1S/C12H22N2S/c1-5-11(6-2)13-7-9(3)12-14-8-10(4)15-12/h8-9,11,13H,5-7H2,1-4H3. The first-order valence-electron chi connectivity index (χ1n) is 5.83. The van der Waals surface area contributed by atoms with Crippen LogP contribution in [0.3, 0.4) is 0 Å². The van der Waals surface area contributed by atoms with E-state index in [2.05, 4.69) is 38.0 Å². The van der Waals surface area contributed by atoms with Crippen LogP contribution in [-0.2, 0) is 0 Å². The normalized spacial score (nSPS) is 13.4. The predicted molar refractivity (Wildman–Crippen MR) is 67.6 cm³/mol. The highest BCUT2D eigenvalue weighted by atomic mass is 32.1. The van der Waals surface area contributed by atoms with Crippen molar-refractivity contribution in [2.24, 2.45) is 0 Å². The van der Waals surface area contributed by atoms with Crippen molar-refractivity contribution >= 4 is 11.3 Å². The van der Waals surface area contributed by atoms with Crippen LogP contribution in [0.5, 0.6) is 0 Å². The SMILES string of the molecule is CCC(CC)NCC(C)c1ncc(C)s1. The fourth-order valence-electron chi connectivity index (χ4n) is 1.61. The Bertz CT molecular complexity index is 279. The molecule has 0 bridgehead atoms. The van der Waals surface area contributed by atoms with Crippen molar-refractivity contribution in [3.05, 3.63) is 16.1 Å². The Morgan fingerprint density at radius 2 is 2.07 bits per heavy atom. The molecule has 86 valence electrons. The first-order valence-corrected chi connectivity index (χ1v) is 6.64. The van der Waals surface area contributed by atoms with Gasteiger partial charge in [0, 0.05) is 29.6 Å². The average molecular weight is 226 g/mol. The molecule has 15 heavy (non-hydrogen) atoms. The molecule has 0 saturated carbocycles. The molecule has 0 fully saturated rings. The van der Waals surface area contributed by atoms with E-state index in [1.54, 1.807) is 0 Å². The van der Waals surface area contributed by atoms with E-state index in [1.165, 1.54) is 22.7 Å². The van der Waals surface area contributed by atoms with Gasteiger partial charge in [-0.1, -0.05) is 20.8 Å². The molecule has 0 aliphatic carbocycles. The van der Waals surface area contributed by atoms with Gasteiger partial charge < -0.3 is 5.32 Å². The fourth-order valence-corrected chi connectivity index (χ4v) is 2.43. The lowest BCUT2D eigenvalue weighted by Crippen LogP contribution is -2.30. The second kappa shape index (κ2) is 6.23. The molecule has 1 aromatic heterocycles. The minimum atomic E-state index is 0.532. The monoisotopic (exact) mass is 226 g/mol. The second-order valence-electron chi connectivity index (χ2n) is 4.13. The topological polar surface area (TPSA) is 24.9 Å². The fraction of sp³-hybridized carbons (Fsp3) is 0.750. The molecule has 0 radical (unpaired) electrons. The van der Waals surface area contributed by atoms with Crippen molar-refractivity contribution in [2.45, 2.75) is 52.5 Å². The van der Waals surface area contributed by atoms with Gasteiger partial charge in [0.25, 0.3) is 0 Å². The number of hydrogen-bond donors (Lipinski definition) is 1. The highest BCUT2D eigenvalue weighted by Gasteiger charge is 2.11. The van der Waals surface area contributed by atoms with Crippen LogP contribution in [0.1, 0.15) is 49.4 Å². The third kappa shape index (κ3) is 3.92. The van der Waals surface area contributed by atoms with Crippen LogP contribution in [0.25, 0.3) is 0 Å². The summed E-state index contributed by atoms with van der Waals surface area (Å²) in [5.41, 5.74) is 0. The van der Waals surface area contributed by atoms with Crippen LogP contribution >= 0.6 is 11.3 Å². The minimum Gasteiger partial charge on any atom is -0.313 e. The van der Waals surface area contributed by atoms with Crippen molar-refractivity contribution < 1.29 is 0 Å². The summed E-state index contributed by atoms with van der Waals surface area (Å²) < 4.78 is 0. The lowest BCUT2D eigenvalue weighted by molar-refractivity contribution is 0.466. The first-order chi connectivity index (χ1) is 7.17. The van der Waals surface area contributed by atoms with Crippen LogP contribution < -0.4 is 5.32 Å². The maximum absolute atomic E-state index is 4.42. The number of rotatable bonds is 6. The summed E-state index contributed by atoms with van der Waals surface area (Å²) in [7, 11) is 0. The quantitative estimate of drug-likeness (QED) is 0.805. The Labute approximate surface area is 97.1 Å². The number of aryl methyl sites for hydroxylation is 1. The van der Waals surface area contributed by atoms with E-state index >= 15 is 0 Å². The van der Waals surface area contributed by atoms with Crippen molar-refractivity contribution in [3.63, 3.8) is 0 Å². The molecular weight excluding hydrogens is 204 g/mol. The van der Waals surface area contributed by atoms with Crippen LogP contribution in [0.2, 0.25) is 0 Å². The summed E-state index contributed by atoms with van der Waals surface area (Å²) in [6.07, 6.45) is 4.38. The van der Waals surface area contributed by atoms with Gasteiger partial charge in [0.15, 0.2) is 0 Å². The van der Waals surface area contributed by atoms with Gasteiger partial charge in [-0.3, -0.25) is 0 Å². The molecule has 0 amide bonds. The molecule has 1 aromatic rings. The molecule has 0 spiro atoms. The zero-order chi connectivity index (χ0) is 11.3. The van der Waals surface area contributed by atoms with E-state index in [-0.39, 0.29) is 0 Å². The maximum Gasteiger partial charge on any atom is 0.0968 e. The van der Waals surface area contributed by atoms with Crippen molar-refractivity contribution in [2.75, 3.05) is 6.54 Å². The summed E-state index contributed by atoms with van der Waals surface area (Å²) >= 11 is 1.81. The lowest BCUT2D eigenvalue weighted by Gasteiger charge is -2.17. The van der Waals surface area contributed by atoms with E-state index < -0.39 is 0 Å². The third-order valence-corrected chi connectivity index (χ3v) is 3.90. The highest BCUT2D eigenvalue weighted by Crippen LogP contribution is 2.20. The summed E-state index contributed by atoms with van der Waals surface area (Å²) in [6.45, 7) is 9.87. The highest BCUT2D eigenvalue weighted by molar-refractivity contribution is 7.11. The van der Waals surface area contributed by atoms with Crippen molar-refractivity contribution in [3.8, 4) is 0 Å². The number of hydrogen-bond acceptors (Lipinski definition) is 3. The second-order valence-corrected chi connectivity index (χ2v) is 5.40. The Morgan fingerprint density at radius 3 is 2.53 bits per heavy atom. The predicted octanol–water partition coefficient (Wildman–Crippen LogP) is 3.33. The molecule has 0 saturated heterocycles. The molecule has 1 heterocycles. The molecule has 3 heteroatoms. The van der Waals surface area contributed by atoms with E-state index in [4.69, 9.17) is 0 Å². The van der Waals surface area contributed by atoms with Gasteiger partial charge in [-0.15, -0.1) is 11.3 Å². The Hall–Kier alpha value is -0.410. The number of thiazole rings is 1. The molecule has 1 unspecified atom stereocenters. The van der Waals surface area contributed by atoms with E-state index in [0.29, 0.717) is 12.0 Å². The molecule has 1 N–H and O–H groups in total. The molecule has 0 aromatic carbocycles. The van der Waals surface area contributed by atoms with Gasteiger partial charge in [-0.05, 0) is 19.8 Å².